The van der Waals surface area contributed by atoms with Crippen molar-refractivity contribution in [3.05, 3.63) is 24.6 Å². The second-order valence-electron chi connectivity index (χ2n) is 2.86. The van der Waals surface area contributed by atoms with Gasteiger partial charge in [-0.05, 0) is 56.8 Å². The lowest BCUT2D eigenvalue weighted by atomic mass is 10.1. The van der Waals surface area contributed by atoms with Crippen molar-refractivity contribution in [3.8, 4) is 0 Å². The molecular weight excluding hydrogens is 446 g/mol. The summed E-state index contributed by atoms with van der Waals surface area (Å²) in [6.45, 7) is 0. The summed E-state index contributed by atoms with van der Waals surface area (Å²) in [5, 5.41) is 0. The molecule has 0 unspecified atom stereocenters. The summed E-state index contributed by atoms with van der Waals surface area (Å²) < 4.78 is 30.5. The second-order valence-corrected chi connectivity index (χ2v) is 5.04. The number of pyridine rings is 1. The number of halogens is 4. The van der Waals surface area contributed by atoms with E-state index in [4.69, 9.17) is 0 Å². The minimum Gasteiger partial charge on any atom is -0.469 e. The third-order valence-corrected chi connectivity index (χ3v) is 3.59. The van der Waals surface area contributed by atoms with Crippen LogP contribution in [0.3, 0.4) is 0 Å². The van der Waals surface area contributed by atoms with Crippen LogP contribution in [0, 0.1) is 7.27 Å². The fraction of sp³-hybridized carbons (Fsp3) is 0.333. The van der Waals surface area contributed by atoms with Crippen LogP contribution in [0.5, 0.6) is 0 Å². The van der Waals surface area contributed by atoms with E-state index in [1.807, 2.05) is 22.6 Å². The van der Waals surface area contributed by atoms with Gasteiger partial charge in [-0.1, -0.05) is 0 Å². The summed E-state index contributed by atoms with van der Waals surface area (Å²) >= 11 is 3.61. The zero-order valence-corrected chi connectivity index (χ0v) is 12.5. The van der Waals surface area contributed by atoms with Crippen LogP contribution in [0.1, 0.15) is 17.7 Å². The van der Waals surface area contributed by atoms with Gasteiger partial charge >= 0.3 is 5.97 Å². The lowest BCUT2D eigenvalue weighted by molar-refractivity contribution is -0.139. The first-order valence-electron chi connectivity index (χ1n) is 4.15. The van der Waals surface area contributed by atoms with Crippen molar-refractivity contribution >= 4 is 51.2 Å². The highest BCUT2D eigenvalue weighted by Gasteiger charge is 2.19. The number of nitrogens with zero attached hydrogens (tertiary/aromatic N) is 1. The first-order chi connectivity index (χ1) is 7.45. The van der Waals surface area contributed by atoms with E-state index in [0.717, 1.165) is 0 Å². The normalized spacial score (nSPS) is 10.6. The maximum Gasteiger partial charge on any atom is 0.310 e. The van der Waals surface area contributed by atoms with Crippen LogP contribution in [-0.4, -0.2) is 18.1 Å². The highest BCUT2D eigenvalue weighted by molar-refractivity contribution is 14.1. The first kappa shape index (κ1) is 14.0. The Hall–Kier alpha value is -0.0600. The number of rotatable bonds is 3. The van der Waals surface area contributed by atoms with Crippen LogP contribution >= 0.6 is 45.2 Å². The van der Waals surface area contributed by atoms with Crippen LogP contribution in [0.4, 0.5) is 8.78 Å². The third kappa shape index (κ3) is 3.47. The molecule has 1 aromatic heterocycles. The van der Waals surface area contributed by atoms with Gasteiger partial charge in [-0.25, -0.2) is 13.8 Å². The summed E-state index contributed by atoms with van der Waals surface area (Å²) in [6, 6.07) is 1.60. The van der Waals surface area contributed by atoms with Gasteiger partial charge in [-0.15, -0.1) is 0 Å². The number of hydrogen-bond donors (Lipinski definition) is 0. The van der Waals surface area contributed by atoms with Crippen molar-refractivity contribution in [1.82, 2.24) is 4.98 Å². The molecule has 0 atom stereocenters. The van der Waals surface area contributed by atoms with Crippen LogP contribution in [0.15, 0.2) is 6.07 Å². The van der Waals surface area contributed by atoms with Crippen molar-refractivity contribution in [2.24, 2.45) is 0 Å². The van der Waals surface area contributed by atoms with Gasteiger partial charge in [0.05, 0.1) is 13.5 Å². The van der Waals surface area contributed by atoms with Crippen molar-refractivity contribution in [2.45, 2.75) is 12.8 Å². The zero-order chi connectivity index (χ0) is 12.3. The van der Waals surface area contributed by atoms with E-state index in [2.05, 4.69) is 9.72 Å². The molecule has 88 valence electrons. The molecule has 0 fully saturated rings. The Morgan fingerprint density at radius 1 is 1.56 bits per heavy atom. The molecule has 3 nitrogen and oxygen atoms in total. The van der Waals surface area contributed by atoms with Crippen molar-refractivity contribution in [2.75, 3.05) is 7.11 Å². The smallest absolute Gasteiger partial charge is 0.310 e. The monoisotopic (exact) mass is 453 g/mol. The van der Waals surface area contributed by atoms with Crippen LogP contribution in [-0.2, 0) is 16.0 Å². The fourth-order valence-corrected chi connectivity index (χ4v) is 2.41. The van der Waals surface area contributed by atoms with Crippen molar-refractivity contribution < 1.29 is 18.3 Å². The van der Waals surface area contributed by atoms with Gasteiger partial charge in [0, 0.05) is 3.57 Å². The standard InChI is InChI=1S/C9H7F2I2NO2/c1-16-6(15)3-4-2-5(12)14-8(7(4)13)9(10)11/h2,9H,3H2,1H3. The molecule has 0 N–H and O–H groups in total. The number of methoxy groups -OCH3 is 1. The van der Waals surface area contributed by atoms with E-state index < -0.39 is 12.4 Å². The predicted octanol–water partition coefficient (Wildman–Crippen LogP) is 2.94. The molecule has 1 heterocycles. The van der Waals surface area contributed by atoms with Gasteiger partial charge < -0.3 is 4.74 Å². The highest BCUT2D eigenvalue weighted by Crippen LogP contribution is 2.26. The molecule has 16 heavy (non-hydrogen) atoms. The van der Waals surface area contributed by atoms with Gasteiger partial charge in [-0.3, -0.25) is 4.79 Å². The van der Waals surface area contributed by atoms with Gasteiger partial charge in [0.25, 0.3) is 6.43 Å². The second kappa shape index (κ2) is 6.03. The number of carbonyl (C=O) groups is 1. The lowest BCUT2D eigenvalue weighted by Gasteiger charge is -2.08. The molecule has 0 aliphatic carbocycles. The van der Waals surface area contributed by atoms with E-state index in [9.17, 15) is 13.6 Å². The Bertz CT molecular complexity index is 413. The molecule has 0 aromatic carbocycles. The Kier molecular flexibility index (Phi) is 5.28. The number of alkyl halides is 2. The molecular formula is C9H7F2I2NO2. The Morgan fingerprint density at radius 2 is 2.19 bits per heavy atom. The molecule has 1 rings (SSSR count). The average molecular weight is 453 g/mol. The average Bonchev–Trinajstić information content (AvgIpc) is 2.22. The quantitative estimate of drug-likeness (QED) is 0.402. The minimum absolute atomic E-state index is 0.0208. The van der Waals surface area contributed by atoms with E-state index in [1.54, 1.807) is 28.7 Å². The maximum absolute atomic E-state index is 12.6. The summed E-state index contributed by atoms with van der Waals surface area (Å²) in [4.78, 5) is 14.8. The van der Waals surface area contributed by atoms with E-state index in [1.165, 1.54) is 7.11 Å². The molecule has 0 saturated carbocycles. The number of carbonyl (C=O) groups excluding carboxylic acids is 1. The van der Waals surface area contributed by atoms with Crippen LogP contribution in [0.25, 0.3) is 0 Å². The van der Waals surface area contributed by atoms with E-state index >= 15 is 0 Å². The Morgan fingerprint density at radius 3 is 2.69 bits per heavy atom. The third-order valence-electron chi connectivity index (χ3n) is 1.80. The van der Waals surface area contributed by atoms with Crippen LogP contribution in [0.2, 0.25) is 0 Å². The van der Waals surface area contributed by atoms with Crippen LogP contribution < -0.4 is 0 Å². The van der Waals surface area contributed by atoms with Gasteiger partial charge in [0.2, 0.25) is 0 Å². The van der Waals surface area contributed by atoms with E-state index in [0.29, 0.717) is 12.8 Å². The van der Waals surface area contributed by atoms with E-state index in [-0.39, 0.29) is 12.1 Å². The molecule has 0 radical (unpaired) electrons. The van der Waals surface area contributed by atoms with Crippen molar-refractivity contribution in [1.29, 1.82) is 0 Å². The molecule has 1 aromatic rings. The van der Waals surface area contributed by atoms with Crippen molar-refractivity contribution in [3.63, 3.8) is 0 Å². The topological polar surface area (TPSA) is 39.2 Å². The number of aromatic nitrogens is 1. The molecule has 0 bridgehead atoms. The predicted molar refractivity (Wildman–Crippen MR) is 70.3 cm³/mol. The molecule has 0 aliphatic rings. The summed E-state index contributed by atoms with van der Waals surface area (Å²) in [5.74, 6) is -0.458. The number of hydrogen-bond acceptors (Lipinski definition) is 3. The molecule has 0 spiro atoms. The van der Waals surface area contributed by atoms with Gasteiger partial charge in [-0.2, -0.15) is 0 Å². The number of esters is 1. The summed E-state index contributed by atoms with van der Waals surface area (Å²) in [7, 11) is 1.26. The number of ether oxygens (including phenoxy) is 1. The molecule has 7 heteroatoms. The maximum atomic E-state index is 12.6. The Labute approximate surface area is 118 Å². The summed E-state index contributed by atoms with van der Waals surface area (Å²) in [6.07, 6.45) is -2.66. The van der Waals surface area contributed by atoms with Gasteiger partial charge in [0.1, 0.15) is 9.39 Å². The lowest BCUT2D eigenvalue weighted by Crippen LogP contribution is -2.09. The highest BCUT2D eigenvalue weighted by atomic mass is 127. The molecule has 0 aliphatic heterocycles. The largest absolute Gasteiger partial charge is 0.469 e. The zero-order valence-electron chi connectivity index (χ0n) is 8.14. The molecule has 0 saturated heterocycles. The SMILES string of the molecule is COC(=O)Cc1cc(I)nc(C(F)F)c1I. The molecule has 0 amide bonds. The minimum atomic E-state index is -2.64. The fourth-order valence-electron chi connectivity index (χ4n) is 1.07. The Balaban J connectivity index is 3.14. The summed E-state index contributed by atoms with van der Waals surface area (Å²) in [5.41, 5.74) is 0.230. The van der Waals surface area contributed by atoms with Gasteiger partial charge in [0.15, 0.2) is 0 Å². The first-order valence-corrected chi connectivity index (χ1v) is 6.31.